The molecule has 0 atom stereocenters. The van der Waals surface area contributed by atoms with E-state index in [1.165, 1.54) is 11.6 Å². The van der Waals surface area contributed by atoms with Crippen LogP contribution in [0, 0.1) is 18.7 Å². The maximum atomic E-state index is 14.1. The lowest BCUT2D eigenvalue weighted by Gasteiger charge is -2.32. The SMILES string of the molecule is Cc1ccc2c(OCCN3CCC(Cc4ccc5c(c4)N(C)C(=O)CO5)CC3)ccc(F)c2n1. The fourth-order valence-electron chi connectivity index (χ4n) is 4.86. The predicted octanol–water partition coefficient (Wildman–Crippen LogP) is 4.37. The number of fused-ring (bicyclic) bond motifs is 2. The topological polar surface area (TPSA) is 54.9 Å². The van der Waals surface area contributed by atoms with Crippen molar-refractivity contribution in [3.8, 4) is 11.5 Å². The molecule has 0 spiro atoms. The summed E-state index contributed by atoms with van der Waals surface area (Å²) in [4.78, 5) is 20.4. The van der Waals surface area contributed by atoms with E-state index in [-0.39, 0.29) is 18.3 Å². The van der Waals surface area contributed by atoms with Crippen LogP contribution < -0.4 is 14.4 Å². The zero-order valence-corrected chi connectivity index (χ0v) is 19.7. The molecule has 2 aromatic carbocycles. The molecule has 7 heteroatoms. The summed E-state index contributed by atoms with van der Waals surface area (Å²) in [6.07, 6.45) is 3.27. The van der Waals surface area contributed by atoms with Gasteiger partial charge in [0.25, 0.3) is 5.91 Å². The zero-order valence-electron chi connectivity index (χ0n) is 19.7. The number of halogens is 1. The molecule has 3 aromatic rings. The van der Waals surface area contributed by atoms with E-state index in [9.17, 15) is 9.18 Å². The summed E-state index contributed by atoms with van der Waals surface area (Å²) in [6.45, 7) is 5.43. The van der Waals surface area contributed by atoms with Gasteiger partial charge in [0.1, 0.15) is 29.4 Å². The molecule has 2 aliphatic heterocycles. The fraction of sp³-hybridized carbons (Fsp3) is 0.407. The van der Waals surface area contributed by atoms with Crippen molar-refractivity contribution in [1.29, 1.82) is 0 Å². The first-order chi connectivity index (χ1) is 16.5. The van der Waals surface area contributed by atoms with Gasteiger partial charge in [0.2, 0.25) is 0 Å². The van der Waals surface area contributed by atoms with Crippen LogP contribution in [-0.2, 0) is 11.2 Å². The second-order valence-corrected chi connectivity index (χ2v) is 9.28. The first-order valence-corrected chi connectivity index (χ1v) is 11.9. The molecule has 0 saturated carbocycles. The number of aromatic nitrogens is 1. The van der Waals surface area contributed by atoms with Gasteiger partial charge in [0.15, 0.2) is 6.61 Å². The lowest BCUT2D eigenvalue weighted by molar-refractivity contribution is -0.120. The van der Waals surface area contributed by atoms with Crippen molar-refractivity contribution in [2.75, 3.05) is 44.8 Å². The number of likely N-dealkylation sites (N-methyl/N-ethyl adjacent to an activating group) is 1. The number of anilines is 1. The second kappa shape index (κ2) is 9.58. The minimum atomic E-state index is -0.321. The summed E-state index contributed by atoms with van der Waals surface area (Å²) in [5.74, 6) is 1.74. The highest BCUT2D eigenvalue weighted by Crippen LogP contribution is 2.33. The molecule has 0 bridgehead atoms. The molecule has 1 fully saturated rings. The van der Waals surface area contributed by atoms with Crippen LogP contribution in [-0.4, -0.2) is 55.7 Å². The molecule has 3 heterocycles. The van der Waals surface area contributed by atoms with Gasteiger partial charge in [-0.05, 0) is 87.2 Å². The van der Waals surface area contributed by atoms with Gasteiger partial charge in [0, 0.05) is 24.7 Å². The Kier molecular flexibility index (Phi) is 6.37. The Hall–Kier alpha value is -3.19. The van der Waals surface area contributed by atoms with Crippen LogP contribution in [0.25, 0.3) is 10.9 Å². The maximum Gasteiger partial charge on any atom is 0.264 e. The third-order valence-electron chi connectivity index (χ3n) is 6.91. The van der Waals surface area contributed by atoms with Crippen LogP contribution in [0.5, 0.6) is 11.5 Å². The van der Waals surface area contributed by atoms with Crippen molar-refractivity contribution >= 4 is 22.5 Å². The van der Waals surface area contributed by atoms with Crippen molar-refractivity contribution in [1.82, 2.24) is 9.88 Å². The van der Waals surface area contributed by atoms with Crippen molar-refractivity contribution < 1.29 is 18.7 Å². The van der Waals surface area contributed by atoms with Gasteiger partial charge in [-0.3, -0.25) is 9.69 Å². The van der Waals surface area contributed by atoms with E-state index in [0.717, 1.165) is 56.0 Å². The Morgan fingerprint density at radius 1 is 1.15 bits per heavy atom. The highest BCUT2D eigenvalue weighted by Gasteiger charge is 2.24. The molecule has 6 nitrogen and oxygen atoms in total. The van der Waals surface area contributed by atoms with Gasteiger partial charge in [-0.2, -0.15) is 0 Å². The molecule has 0 aliphatic carbocycles. The summed E-state index contributed by atoms with van der Waals surface area (Å²) in [5.41, 5.74) is 3.26. The number of piperidine rings is 1. The van der Waals surface area contributed by atoms with Gasteiger partial charge in [-0.15, -0.1) is 0 Å². The van der Waals surface area contributed by atoms with E-state index < -0.39 is 0 Å². The van der Waals surface area contributed by atoms with Crippen LogP contribution >= 0.6 is 0 Å². The summed E-state index contributed by atoms with van der Waals surface area (Å²) in [6, 6.07) is 13.1. The number of likely N-dealkylation sites (tertiary alicyclic amines) is 1. The van der Waals surface area contributed by atoms with Crippen LogP contribution in [0.2, 0.25) is 0 Å². The minimum absolute atomic E-state index is 0.0137. The van der Waals surface area contributed by atoms with Gasteiger partial charge in [-0.25, -0.2) is 9.37 Å². The summed E-state index contributed by atoms with van der Waals surface area (Å²) in [5, 5.41) is 0.715. The number of rotatable bonds is 6. The average Bonchev–Trinajstić information content (AvgIpc) is 2.84. The van der Waals surface area contributed by atoms with Crippen LogP contribution in [0.3, 0.4) is 0 Å². The second-order valence-electron chi connectivity index (χ2n) is 9.28. The molecule has 1 amide bonds. The quantitative estimate of drug-likeness (QED) is 0.543. The summed E-state index contributed by atoms with van der Waals surface area (Å²) < 4.78 is 25.7. The molecule has 5 rings (SSSR count). The number of amides is 1. The van der Waals surface area contributed by atoms with E-state index in [1.807, 2.05) is 25.1 Å². The van der Waals surface area contributed by atoms with Crippen LogP contribution in [0.1, 0.15) is 24.1 Å². The number of carbonyl (C=O) groups excluding carboxylic acids is 1. The van der Waals surface area contributed by atoms with E-state index >= 15 is 0 Å². The maximum absolute atomic E-state index is 14.1. The van der Waals surface area contributed by atoms with E-state index in [4.69, 9.17) is 9.47 Å². The predicted molar refractivity (Wildman–Crippen MR) is 130 cm³/mol. The fourth-order valence-corrected chi connectivity index (χ4v) is 4.86. The number of benzene rings is 2. The lowest BCUT2D eigenvalue weighted by Crippen LogP contribution is -2.37. The molecule has 1 aromatic heterocycles. The number of pyridine rings is 1. The van der Waals surface area contributed by atoms with Crippen molar-refractivity contribution in [2.45, 2.75) is 26.2 Å². The molecule has 0 unspecified atom stereocenters. The Morgan fingerprint density at radius 3 is 2.79 bits per heavy atom. The van der Waals surface area contributed by atoms with Gasteiger partial charge >= 0.3 is 0 Å². The van der Waals surface area contributed by atoms with Gasteiger partial charge in [0.05, 0.1) is 5.69 Å². The molecular formula is C27H30FN3O3. The number of ether oxygens (including phenoxy) is 2. The normalized spacial score (nSPS) is 17.0. The number of hydrogen-bond donors (Lipinski definition) is 0. The first kappa shape index (κ1) is 22.6. The minimum Gasteiger partial charge on any atom is -0.492 e. The Balaban J connectivity index is 1.12. The Labute approximate surface area is 199 Å². The highest BCUT2D eigenvalue weighted by molar-refractivity contribution is 5.97. The third kappa shape index (κ3) is 4.71. The summed E-state index contributed by atoms with van der Waals surface area (Å²) in [7, 11) is 1.81. The molecule has 0 N–H and O–H groups in total. The van der Waals surface area contributed by atoms with Crippen LogP contribution in [0.4, 0.5) is 10.1 Å². The highest BCUT2D eigenvalue weighted by atomic mass is 19.1. The van der Waals surface area contributed by atoms with Gasteiger partial charge in [-0.1, -0.05) is 6.07 Å². The molecule has 0 radical (unpaired) electrons. The monoisotopic (exact) mass is 463 g/mol. The van der Waals surface area contributed by atoms with Gasteiger partial charge < -0.3 is 14.4 Å². The standard InChI is InChI=1S/C27H30FN3O3/c1-18-3-5-21-24(8-6-22(28)27(21)29-18)33-14-13-31-11-9-19(10-12-31)15-20-4-7-25-23(16-20)30(2)26(32)17-34-25/h3-8,16,19H,9-15,17H2,1-2H3. The zero-order chi connectivity index (χ0) is 23.7. The van der Waals surface area contributed by atoms with Crippen molar-refractivity contribution in [2.24, 2.45) is 5.92 Å². The number of hydrogen-bond acceptors (Lipinski definition) is 5. The average molecular weight is 464 g/mol. The molecule has 178 valence electrons. The lowest BCUT2D eigenvalue weighted by atomic mass is 9.90. The summed E-state index contributed by atoms with van der Waals surface area (Å²) >= 11 is 0. The van der Waals surface area contributed by atoms with Crippen molar-refractivity contribution in [3.63, 3.8) is 0 Å². The third-order valence-corrected chi connectivity index (χ3v) is 6.91. The Bertz CT molecular complexity index is 1210. The molecule has 2 aliphatic rings. The smallest absolute Gasteiger partial charge is 0.264 e. The Morgan fingerprint density at radius 2 is 1.97 bits per heavy atom. The number of carbonyl (C=O) groups is 1. The van der Waals surface area contributed by atoms with Crippen LogP contribution in [0.15, 0.2) is 42.5 Å². The van der Waals surface area contributed by atoms with E-state index in [1.54, 1.807) is 18.0 Å². The van der Waals surface area contributed by atoms with Crippen molar-refractivity contribution in [3.05, 3.63) is 59.5 Å². The first-order valence-electron chi connectivity index (χ1n) is 11.9. The van der Waals surface area contributed by atoms with E-state index in [0.29, 0.717) is 29.2 Å². The number of aryl methyl sites for hydroxylation is 1. The van der Waals surface area contributed by atoms with E-state index in [2.05, 4.69) is 22.0 Å². The molecule has 34 heavy (non-hydrogen) atoms. The molecular weight excluding hydrogens is 433 g/mol. The largest absolute Gasteiger partial charge is 0.492 e. The number of nitrogens with zero attached hydrogens (tertiary/aromatic N) is 3. The molecule has 1 saturated heterocycles.